The van der Waals surface area contributed by atoms with Crippen molar-refractivity contribution in [3.8, 4) is 0 Å². The number of hydrogen-bond donors (Lipinski definition) is 0. The second kappa shape index (κ2) is 6.76. The van der Waals surface area contributed by atoms with Gasteiger partial charge in [0.2, 0.25) is 5.95 Å². The van der Waals surface area contributed by atoms with Gasteiger partial charge in [-0.1, -0.05) is 0 Å². The molecule has 0 saturated carbocycles. The largest absolute Gasteiger partial charge is 0.363 e. The second-order valence-electron chi connectivity index (χ2n) is 6.78. The minimum absolute atomic E-state index is 0.433. The van der Waals surface area contributed by atoms with Crippen LogP contribution in [0.2, 0.25) is 0 Å². The molecule has 0 spiro atoms. The van der Waals surface area contributed by atoms with Crippen LogP contribution in [-0.4, -0.2) is 64.2 Å². The van der Waals surface area contributed by atoms with E-state index in [1.807, 2.05) is 51.4 Å². The Balaban J connectivity index is 1.70. The Morgan fingerprint density at radius 3 is 2.67 bits per heavy atom. The number of imidazole rings is 1. The highest BCUT2D eigenvalue weighted by atomic mass is 15.3. The van der Waals surface area contributed by atoms with Gasteiger partial charge in [-0.3, -0.25) is 4.90 Å². The van der Waals surface area contributed by atoms with Crippen molar-refractivity contribution in [2.45, 2.75) is 26.4 Å². The van der Waals surface area contributed by atoms with Crippen LogP contribution in [-0.2, 0) is 13.6 Å². The van der Waals surface area contributed by atoms with E-state index in [2.05, 4.69) is 31.3 Å². The van der Waals surface area contributed by atoms with Crippen LogP contribution in [0.25, 0.3) is 0 Å². The lowest BCUT2D eigenvalue weighted by molar-refractivity contribution is 0.174. The molecule has 2 aromatic heterocycles. The lowest BCUT2D eigenvalue weighted by Crippen LogP contribution is -2.52. The molecule has 0 aromatic carbocycles. The number of nitrogens with zero attached hydrogens (tertiary/aromatic N) is 7. The summed E-state index contributed by atoms with van der Waals surface area (Å²) in [5, 5.41) is 0. The van der Waals surface area contributed by atoms with Crippen molar-refractivity contribution >= 4 is 11.8 Å². The fraction of sp³-hybridized carbons (Fsp3) is 0.588. The van der Waals surface area contributed by atoms with E-state index in [9.17, 15) is 0 Å². The van der Waals surface area contributed by atoms with Crippen LogP contribution < -0.4 is 9.80 Å². The van der Waals surface area contributed by atoms with Crippen LogP contribution in [0.4, 0.5) is 11.8 Å². The predicted octanol–water partition coefficient (Wildman–Crippen LogP) is 1.30. The zero-order valence-electron chi connectivity index (χ0n) is 15.3. The van der Waals surface area contributed by atoms with Gasteiger partial charge >= 0.3 is 0 Å². The molecule has 130 valence electrons. The van der Waals surface area contributed by atoms with Crippen LogP contribution in [0, 0.1) is 6.92 Å². The van der Waals surface area contributed by atoms with E-state index in [4.69, 9.17) is 4.98 Å². The maximum Gasteiger partial charge on any atom is 0.227 e. The van der Waals surface area contributed by atoms with Gasteiger partial charge in [-0.2, -0.15) is 4.98 Å². The van der Waals surface area contributed by atoms with Crippen LogP contribution >= 0.6 is 0 Å². The summed E-state index contributed by atoms with van der Waals surface area (Å²) in [4.78, 5) is 20.6. The SMILES string of the molecule is Cc1cc(N(C)C)nc(N2CCN(Cc3nccn3C)[C@H](C)C2)n1. The quantitative estimate of drug-likeness (QED) is 0.843. The molecule has 1 saturated heterocycles. The third-order valence-corrected chi connectivity index (χ3v) is 4.60. The van der Waals surface area contributed by atoms with Crippen molar-refractivity contribution < 1.29 is 0 Å². The fourth-order valence-electron chi connectivity index (χ4n) is 3.05. The molecular formula is C17H27N7. The molecule has 0 bridgehead atoms. The maximum absolute atomic E-state index is 4.71. The smallest absolute Gasteiger partial charge is 0.227 e. The van der Waals surface area contributed by atoms with Gasteiger partial charge in [0.25, 0.3) is 0 Å². The molecule has 24 heavy (non-hydrogen) atoms. The van der Waals surface area contributed by atoms with Gasteiger partial charge in [0.05, 0.1) is 6.54 Å². The van der Waals surface area contributed by atoms with Crippen molar-refractivity contribution in [1.82, 2.24) is 24.4 Å². The molecule has 7 heteroatoms. The van der Waals surface area contributed by atoms with Crippen LogP contribution in [0.3, 0.4) is 0 Å². The summed E-state index contributed by atoms with van der Waals surface area (Å²) in [6.45, 7) is 8.03. The summed E-state index contributed by atoms with van der Waals surface area (Å²) in [5.41, 5.74) is 1.01. The van der Waals surface area contributed by atoms with Gasteiger partial charge in [0.15, 0.2) is 0 Å². The molecule has 3 rings (SSSR count). The number of hydrogen-bond acceptors (Lipinski definition) is 6. The number of piperazine rings is 1. The molecule has 1 fully saturated rings. The zero-order chi connectivity index (χ0) is 17.3. The molecule has 0 N–H and O–H groups in total. The minimum atomic E-state index is 0.433. The summed E-state index contributed by atoms with van der Waals surface area (Å²) < 4.78 is 2.09. The number of aromatic nitrogens is 4. The Morgan fingerprint density at radius 2 is 2.04 bits per heavy atom. The monoisotopic (exact) mass is 329 g/mol. The van der Waals surface area contributed by atoms with Gasteiger partial charge in [-0.15, -0.1) is 0 Å². The zero-order valence-corrected chi connectivity index (χ0v) is 15.3. The molecule has 1 aliphatic heterocycles. The highest BCUT2D eigenvalue weighted by molar-refractivity contribution is 5.45. The van der Waals surface area contributed by atoms with Crippen molar-refractivity contribution in [1.29, 1.82) is 0 Å². The second-order valence-corrected chi connectivity index (χ2v) is 6.78. The van der Waals surface area contributed by atoms with Crippen LogP contribution in [0.15, 0.2) is 18.5 Å². The summed E-state index contributed by atoms with van der Waals surface area (Å²) in [7, 11) is 6.07. The van der Waals surface area contributed by atoms with E-state index in [-0.39, 0.29) is 0 Å². The fourth-order valence-corrected chi connectivity index (χ4v) is 3.05. The molecule has 0 amide bonds. The average molecular weight is 329 g/mol. The highest BCUT2D eigenvalue weighted by Gasteiger charge is 2.26. The molecule has 3 heterocycles. The highest BCUT2D eigenvalue weighted by Crippen LogP contribution is 2.20. The van der Waals surface area contributed by atoms with E-state index in [1.54, 1.807) is 0 Å². The molecule has 0 aliphatic carbocycles. The molecule has 2 aromatic rings. The lowest BCUT2D eigenvalue weighted by atomic mass is 10.2. The summed E-state index contributed by atoms with van der Waals surface area (Å²) in [6, 6.07) is 2.45. The van der Waals surface area contributed by atoms with E-state index in [1.165, 1.54) is 0 Å². The van der Waals surface area contributed by atoms with Crippen molar-refractivity contribution in [2.24, 2.45) is 7.05 Å². The van der Waals surface area contributed by atoms with Crippen molar-refractivity contribution in [2.75, 3.05) is 43.5 Å². The first kappa shape index (κ1) is 16.7. The number of aryl methyl sites for hydroxylation is 2. The Labute approximate surface area is 143 Å². The van der Waals surface area contributed by atoms with Gasteiger partial charge in [-0.05, 0) is 13.8 Å². The maximum atomic E-state index is 4.71. The summed E-state index contributed by atoms with van der Waals surface area (Å²) >= 11 is 0. The molecule has 0 radical (unpaired) electrons. The van der Waals surface area contributed by atoms with Gasteiger partial charge < -0.3 is 14.4 Å². The Hall–Kier alpha value is -2.15. The van der Waals surface area contributed by atoms with Crippen LogP contribution in [0.1, 0.15) is 18.4 Å². The van der Waals surface area contributed by atoms with E-state index in [0.29, 0.717) is 6.04 Å². The third kappa shape index (κ3) is 3.51. The first-order valence-electron chi connectivity index (χ1n) is 8.42. The molecule has 0 unspecified atom stereocenters. The molecule has 7 nitrogen and oxygen atoms in total. The normalized spacial score (nSPS) is 18.9. The standard InChI is InChI=1S/C17H27N7/c1-13-10-15(21(3)4)20-17(19-13)24-9-8-23(14(2)11-24)12-16-18-6-7-22(16)5/h6-7,10,14H,8-9,11-12H2,1-5H3/t14-/m1/s1. The minimum Gasteiger partial charge on any atom is -0.363 e. The van der Waals surface area contributed by atoms with Gasteiger partial charge in [0, 0.05) is 71.0 Å². The third-order valence-electron chi connectivity index (χ3n) is 4.60. The Bertz CT molecular complexity index is 694. The van der Waals surface area contributed by atoms with E-state index >= 15 is 0 Å². The van der Waals surface area contributed by atoms with Crippen LogP contribution in [0.5, 0.6) is 0 Å². The van der Waals surface area contributed by atoms with Gasteiger partial charge in [0.1, 0.15) is 11.6 Å². The van der Waals surface area contributed by atoms with E-state index in [0.717, 1.165) is 49.5 Å². The first-order valence-corrected chi connectivity index (χ1v) is 8.42. The topological polar surface area (TPSA) is 53.3 Å². The molecule has 1 atom stereocenters. The Morgan fingerprint density at radius 1 is 1.25 bits per heavy atom. The summed E-state index contributed by atoms with van der Waals surface area (Å²) in [6.07, 6.45) is 3.86. The number of anilines is 2. The Kier molecular flexibility index (Phi) is 4.71. The van der Waals surface area contributed by atoms with Crippen molar-refractivity contribution in [3.05, 3.63) is 30.0 Å². The number of rotatable bonds is 4. The van der Waals surface area contributed by atoms with Crippen molar-refractivity contribution in [3.63, 3.8) is 0 Å². The first-order chi connectivity index (χ1) is 11.4. The van der Waals surface area contributed by atoms with E-state index < -0.39 is 0 Å². The van der Waals surface area contributed by atoms with Gasteiger partial charge in [-0.25, -0.2) is 9.97 Å². The molecular weight excluding hydrogens is 302 g/mol. The predicted molar refractivity (Wildman–Crippen MR) is 96.4 cm³/mol. The average Bonchev–Trinajstić information content (AvgIpc) is 2.93. The molecule has 1 aliphatic rings. The summed E-state index contributed by atoms with van der Waals surface area (Å²) in [5.74, 6) is 2.90. The lowest BCUT2D eigenvalue weighted by Gasteiger charge is -2.39.